The topological polar surface area (TPSA) is 122 Å². The molecule has 0 fully saturated rings. The van der Waals surface area contributed by atoms with Gasteiger partial charge in [-0.1, -0.05) is 79.5 Å². The van der Waals surface area contributed by atoms with Crippen LogP contribution in [0.15, 0.2) is 66.9 Å². The van der Waals surface area contributed by atoms with Crippen LogP contribution in [0.25, 0.3) is 22.5 Å². The van der Waals surface area contributed by atoms with Crippen LogP contribution in [0.1, 0.15) is 80.6 Å². The van der Waals surface area contributed by atoms with Gasteiger partial charge in [0.05, 0.1) is 11.4 Å². The molecular formula is C34H40ClN7O4. The SMILES string of the molecule is CCCCc1nc(Cl)c(C(O)c2ccc(C(OC)OC)cn2)n1Cc1ccc(-c2ccccc2-c2nnnn2C(C)OCC)cc1. The third kappa shape index (κ3) is 7.19. The highest BCUT2D eigenvalue weighted by Gasteiger charge is 2.25. The fraction of sp³-hybridized carbons (Fsp3) is 0.382. The summed E-state index contributed by atoms with van der Waals surface area (Å²) in [6.45, 7) is 7.03. The molecule has 3 heterocycles. The fourth-order valence-electron chi connectivity index (χ4n) is 5.50. The van der Waals surface area contributed by atoms with Crippen molar-refractivity contribution < 1.29 is 19.3 Å². The number of aliphatic hydroxyl groups excluding tert-OH is 1. The summed E-state index contributed by atoms with van der Waals surface area (Å²) in [7, 11) is 3.13. The summed E-state index contributed by atoms with van der Waals surface area (Å²) in [6, 6.07) is 19.9. The molecule has 0 aliphatic rings. The Morgan fingerprint density at radius 1 is 0.957 bits per heavy atom. The number of nitrogens with zero attached hydrogens (tertiary/aromatic N) is 7. The van der Waals surface area contributed by atoms with Crippen LogP contribution in [0, 0.1) is 0 Å². The number of hydrogen-bond acceptors (Lipinski definition) is 9. The van der Waals surface area contributed by atoms with Gasteiger partial charge in [0.15, 0.2) is 23.5 Å². The van der Waals surface area contributed by atoms with E-state index in [1.54, 1.807) is 31.2 Å². The molecule has 5 aromatic rings. The molecular weight excluding hydrogens is 606 g/mol. The number of halogens is 1. The van der Waals surface area contributed by atoms with E-state index < -0.39 is 12.4 Å². The molecule has 3 aromatic heterocycles. The molecule has 11 nitrogen and oxygen atoms in total. The molecule has 0 amide bonds. The van der Waals surface area contributed by atoms with E-state index in [4.69, 9.17) is 25.8 Å². The molecule has 0 bridgehead atoms. The Hall–Kier alpha value is -4.00. The second-order valence-electron chi connectivity index (χ2n) is 10.9. The van der Waals surface area contributed by atoms with E-state index in [9.17, 15) is 5.11 Å². The second kappa shape index (κ2) is 15.5. The Morgan fingerprint density at radius 2 is 1.70 bits per heavy atom. The average molecular weight is 646 g/mol. The van der Waals surface area contributed by atoms with Gasteiger partial charge in [0.2, 0.25) is 0 Å². The Kier molecular flexibility index (Phi) is 11.3. The number of aliphatic hydroxyl groups is 1. The quantitative estimate of drug-likeness (QED) is 0.126. The van der Waals surface area contributed by atoms with Crippen molar-refractivity contribution >= 4 is 11.6 Å². The van der Waals surface area contributed by atoms with Crippen LogP contribution in [0.4, 0.5) is 0 Å². The van der Waals surface area contributed by atoms with Crippen LogP contribution in [0.3, 0.4) is 0 Å². The van der Waals surface area contributed by atoms with E-state index in [-0.39, 0.29) is 11.4 Å². The Labute approximate surface area is 274 Å². The fourth-order valence-corrected chi connectivity index (χ4v) is 5.80. The molecule has 12 heteroatoms. The van der Waals surface area contributed by atoms with Crippen molar-refractivity contribution in [2.24, 2.45) is 0 Å². The van der Waals surface area contributed by atoms with Crippen LogP contribution in [-0.2, 0) is 27.2 Å². The highest BCUT2D eigenvalue weighted by atomic mass is 35.5. The number of hydrogen-bond donors (Lipinski definition) is 1. The Balaban J connectivity index is 1.45. The van der Waals surface area contributed by atoms with Gasteiger partial charge in [-0.05, 0) is 53.5 Å². The second-order valence-corrected chi connectivity index (χ2v) is 11.2. The predicted octanol–water partition coefficient (Wildman–Crippen LogP) is 6.57. The zero-order valence-electron chi connectivity index (χ0n) is 26.8. The summed E-state index contributed by atoms with van der Waals surface area (Å²) >= 11 is 6.71. The zero-order chi connectivity index (χ0) is 32.6. The molecule has 0 spiro atoms. The molecule has 1 N–H and O–H groups in total. The summed E-state index contributed by atoms with van der Waals surface area (Å²) in [6.07, 6.45) is 2.39. The number of aromatic nitrogens is 7. The van der Waals surface area contributed by atoms with Crippen molar-refractivity contribution in [2.45, 2.75) is 65.2 Å². The van der Waals surface area contributed by atoms with Gasteiger partial charge >= 0.3 is 0 Å². The normalized spacial score (nSPS) is 13.0. The third-order valence-electron chi connectivity index (χ3n) is 7.86. The van der Waals surface area contributed by atoms with Crippen LogP contribution in [0.2, 0.25) is 5.15 Å². The number of benzene rings is 2. The average Bonchev–Trinajstić information content (AvgIpc) is 3.69. The number of imidazole rings is 1. The lowest BCUT2D eigenvalue weighted by Crippen LogP contribution is -2.14. The van der Waals surface area contributed by atoms with Crippen molar-refractivity contribution in [1.29, 1.82) is 0 Å². The number of unbranched alkanes of at least 4 members (excludes halogenated alkanes) is 1. The highest BCUT2D eigenvalue weighted by molar-refractivity contribution is 6.30. The van der Waals surface area contributed by atoms with Gasteiger partial charge in [0, 0.05) is 51.1 Å². The number of tetrazole rings is 1. The van der Waals surface area contributed by atoms with Gasteiger partial charge in [-0.15, -0.1) is 5.10 Å². The third-order valence-corrected chi connectivity index (χ3v) is 8.14. The molecule has 2 atom stereocenters. The molecule has 5 rings (SSSR count). The van der Waals surface area contributed by atoms with Crippen LogP contribution in [-0.4, -0.2) is 60.7 Å². The van der Waals surface area contributed by atoms with E-state index in [0.717, 1.165) is 52.9 Å². The summed E-state index contributed by atoms with van der Waals surface area (Å²) in [5.41, 5.74) is 5.65. The number of ether oxygens (including phenoxy) is 3. The van der Waals surface area contributed by atoms with Gasteiger partial charge in [-0.2, -0.15) is 4.68 Å². The molecule has 2 unspecified atom stereocenters. The van der Waals surface area contributed by atoms with Crippen LogP contribution in [0.5, 0.6) is 0 Å². The zero-order valence-corrected chi connectivity index (χ0v) is 27.6. The van der Waals surface area contributed by atoms with Gasteiger partial charge in [0.1, 0.15) is 11.9 Å². The smallest absolute Gasteiger partial charge is 0.185 e. The molecule has 2 aromatic carbocycles. The number of aryl methyl sites for hydroxylation is 1. The van der Waals surface area contributed by atoms with E-state index in [1.807, 2.05) is 42.7 Å². The van der Waals surface area contributed by atoms with Gasteiger partial charge in [0.25, 0.3) is 0 Å². The van der Waals surface area contributed by atoms with E-state index >= 15 is 0 Å². The lowest BCUT2D eigenvalue weighted by atomic mass is 9.98. The van der Waals surface area contributed by atoms with E-state index in [0.29, 0.717) is 30.4 Å². The van der Waals surface area contributed by atoms with Crippen molar-refractivity contribution in [1.82, 2.24) is 34.7 Å². The number of rotatable bonds is 15. The van der Waals surface area contributed by atoms with Gasteiger partial charge < -0.3 is 23.9 Å². The predicted molar refractivity (Wildman–Crippen MR) is 175 cm³/mol. The molecule has 46 heavy (non-hydrogen) atoms. The number of pyridine rings is 1. The lowest BCUT2D eigenvalue weighted by Gasteiger charge is -2.18. The first-order valence-electron chi connectivity index (χ1n) is 15.4. The highest BCUT2D eigenvalue weighted by Crippen LogP contribution is 2.33. The molecule has 242 valence electrons. The summed E-state index contributed by atoms with van der Waals surface area (Å²) in [5, 5.41) is 24.2. The molecule has 0 radical (unpaired) electrons. The van der Waals surface area contributed by atoms with Gasteiger partial charge in [-0.25, -0.2) is 4.98 Å². The van der Waals surface area contributed by atoms with Crippen LogP contribution >= 0.6 is 11.6 Å². The Bertz CT molecular complexity index is 1700. The lowest BCUT2D eigenvalue weighted by molar-refractivity contribution is -0.106. The first kappa shape index (κ1) is 33.4. The van der Waals surface area contributed by atoms with Crippen molar-refractivity contribution in [2.75, 3.05) is 20.8 Å². The molecule has 0 saturated carbocycles. The maximum atomic E-state index is 11.5. The summed E-state index contributed by atoms with van der Waals surface area (Å²) < 4.78 is 20.1. The van der Waals surface area contributed by atoms with Crippen molar-refractivity contribution in [3.8, 4) is 22.5 Å². The van der Waals surface area contributed by atoms with E-state index in [1.165, 1.54) is 0 Å². The monoisotopic (exact) mass is 645 g/mol. The maximum Gasteiger partial charge on any atom is 0.185 e. The minimum Gasteiger partial charge on any atom is -0.380 e. The van der Waals surface area contributed by atoms with Gasteiger partial charge in [-0.3, -0.25) is 4.98 Å². The largest absolute Gasteiger partial charge is 0.380 e. The maximum absolute atomic E-state index is 11.5. The molecule has 0 aliphatic carbocycles. The summed E-state index contributed by atoms with van der Waals surface area (Å²) in [5.74, 6) is 1.45. The molecule has 0 saturated heterocycles. The minimum atomic E-state index is -1.08. The minimum absolute atomic E-state index is 0.265. The molecule has 0 aliphatic heterocycles. The first-order chi connectivity index (χ1) is 22.4. The van der Waals surface area contributed by atoms with Crippen molar-refractivity contribution in [3.63, 3.8) is 0 Å². The summed E-state index contributed by atoms with van der Waals surface area (Å²) in [4.78, 5) is 9.17. The Morgan fingerprint density at radius 3 is 2.35 bits per heavy atom. The van der Waals surface area contributed by atoms with E-state index in [2.05, 4.69) is 62.7 Å². The number of methoxy groups -OCH3 is 2. The first-order valence-corrected chi connectivity index (χ1v) is 15.8. The van der Waals surface area contributed by atoms with Crippen LogP contribution < -0.4 is 0 Å². The van der Waals surface area contributed by atoms with Crippen molar-refractivity contribution in [3.05, 3.63) is 100 Å². The standard InChI is InChI=1S/C34H40ClN7O4/c1-6-8-13-29-37-32(35)30(31(43)28-19-18-25(20-36-28)34(44-4)45-5)41(29)21-23-14-16-24(17-15-23)26-11-9-10-12-27(26)33-38-39-40-42(33)22(3)46-7-2/h9-12,14-20,22,31,34,43H,6-8,13,21H2,1-5H3.